The van der Waals surface area contributed by atoms with Crippen LogP contribution in [0.5, 0.6) is 0 Å². The first-order valence-electron chi connectivity index (χ1n) is 9.15. The van der Waals surface area contributed by atoms with Gasteiger partial charge in [0.2, 0.25) is 0 Å². The number of para-hydroxylation sites is 1. The second-order valence-electron chi connectivity index (χ2n) is 7.30. The van der Waals surface area contributed by atoms with E-state index in [1.54, 1.807) is 44.3 Å². The van der Waals surface area contributed by atoms with E-state index in [9.17, 15) is 19.8 Å². The summed E-state index contributed by atoms with van der Waals surface area (Å²) < 4.78 is 0. The van der Waals surface area contributed by atoms with Crippen LogP contribution in [0.3, 0.4) is 0 Å². The minimum atomic E-state index is -1.35. The van der Waals surface area contributed by atoms with Crippen LogP contribution in [0, 0.1) is 11.8 Å². The van der Waals surface area contributed by atoms with Crippen LogP contribution < -0.4 is 10.4 Å². The molecule has 29 heavy (non-hydrogen) atoms. The van der Waals surface area contributed by atoms with Crippen LogP contribution in [0.25, 0.3) is 10.9 Å². The molecule has 1 atom stereocenters. The van der Waals surface area contributed by atoms with Gasteiger partial charge in [0.1, 0.15) is 5.60 Å². The topological polar surface area (TPSA) is 105 Å². The van der Waals surface area contributed by atoms with E-state index in [1.807, 2.05) is 24.3 Å². The molecule has 6 heteroatoms. The van der Waals surface area contributed by atoms with Crippen molar-refractivity contribution in [1.29, 1.82) is 0 Å². The lowest BCUT2D eigenvalue weighted by Gasteiger charge is -2.19. The van der Waals surface area contributed by atoms with E-state index in [2.05, 4.69) is 22.1 Å². The Balaban J connectivity index is 1.72. The minimum Gasteiger partial charge on any atom is -0.548 e. The predicted octanol–water partition coefficient (Wildman–Crippen LogP) is 1.38. The predicted molar refractivity (Wildman–Crippen MR) is 108 cm³/mol. The number of nitrogens with one attached hydrogen (secondary N) is 2. The van der Waals surface area contributed by atoms with E-state index < -0.39 is 23.5 Å². The Morgan fingerprint density at radius 2 is 1.86 bits per heavy atom. The smallest absolute Gasteiger partial charge is 0.251 e. The van der Waals surface area contributed by atoms with Crippen molar-refractivity contribution in [3.63, 3.8) is 0 Å². The summed E-state index contributed by atoms with van der Waals surface area (Å²) in [5.41, 5.74) is 1.52. The molecular formula is C23H21N2O4-. The molecule has 3 N–H and O–H groups in total. The van der Waals surface area contributed by atoms with Crippen LogP contribution in [0.15, 0.2) is 54.7 Å². The molecule has 0 radical (unpaired) electrons. The Morgan fingerprint density at radius 1 is 1.17 bits per heavy atom. The highest BCUT2D eigenvalue weighted by Gasteiger charge is 2.17. The highest BCUT2D eigenvalue weighted by Crippen LogP contribution is 2.19. The first kappa shape index (κ1) is 20.2. The molecule has 6 nitrogen and oxygen atoms in total. The van der Waals surface area contributed by atoms with E-state index >= 15 is 0 Å². The van der Waals surface area contributed by atoms with Gasteiger partial charge in [-0.2, -0.15) is 0 Å². The second kappa shape index (κ2) is 8.21. The molecule has 1 heterocycles. The summed E-state index contributed by atoms with van der Waals surface area (Å²) in [7, 11) is 0. The molecule has 0 unspecified atom stereocenters. The zero-order valence-corrected chi connectivity index (χ0v) is 16.2. The fourth-order valence-electron chi connectivity index (χ4n) is 2.89. The van der Waals surface area contributed by atoms with E-state index in [0.717, 1.165) is 16.5 Å². The first-order valence-corrected chi connectivity index (χ1v) is 9.15. The Labute approximate surface area is 168 Å². The number of carbonyl (C=O) groups excluding carboxylic acids is 2. The molecule has 0 saturated carbocycles. The molecule has 0 fully saturated rings. The molecule has 3 aromatic rings. The van der Waals surface area contributed by atoms with Crippen molar-refractivity contribution in [2.24, 2.45) is 0 Å². The number of fused-ring (bicyclic) bond motifs is 1. The lowest BCUT2D eigenvalue weighted by molar-refractivity contribution is -0.308. The molecule has 0 bridgehead atoms. The first-order chi connectivity index (χ1) is 13.7. The van der Waals surface area contributed by atoms with Crippen LogP contribution in [0.2, 0.25) is 0 Å². The van der Waals surface area contributed by atoms with Gasteiger partial charge in [0.25, 0.3) is 5.91 Å². The highest BCUT2D eigenvalue weighted by atomic mass is 16.4. The van der Waals surface area contributed by atoms with Crippen LogP contribution in [-0.2, 0) is 11.2 Å². The summed E-state index contributed by atoms with van der Waals surface area (Å²) in [6.45, 7) is 3.16. The molecule has 0 aliphatic rings. The van der Waals surface area contributed by atoms with E-state index in [4.69, 9.17) is 0 Å². The van der Waals surface area contributed by atoms with E-state index in [0.29, 0.717) is 11.1 Å². The van der Waals surface area contributed by atoms with Crippen LogP contribution in [0.1, 0.15) is 35.3 Å². The average molecular weight is 389 g/mol. The number of amides is 1. The molecule has 3 rings (SSSR count). The molecule has 0 aliphatic carbocycles. The van der Waals surface area contributed by atoms with Crippen molar-refractivity contribution in [2.75, 3.05) is 0 Å². The Morgan fingerprint density at radius 3 is 2.52 bits per heavy atom. The number of hydrogen-bond donors (Lipinski definition) is 3. The molecule has 0 spiro atoms. The second-order valence-corrected chi connectivity index (χ2v) is 7.30. The number of aliphatic carboxylic acids is 1. The number of benzene rings is 2. The number of aromatic nitrogens is 1. The van der Waals surface area contributed by atoms with Crippen molar-refractivity contribution in [1.82, 2.24) is 10.3 Å². The SMILES string of the molecule is CC(C)(O)C#Cc1ccc(C(=O)N[C@@H](Cc2c[nH]c3ccccc23)C(=O)[O-])cc1. The lowest BCUT2D eigenvalue weighted by atomic mass is 10.0. The summed E-state index contributed by atoms with van der Waals surface area (Å²) in [4.78, 5) is 27.2. The molecular weight excluding hydrogens is 368 g/mol. The Hall–Kier alpha value is -3.56. The lowest BCUT2D eigenvalue weighted by Crippen LogP contribution is -2.49. The van der Waals surface area contributed by atoms with Crippen LogP contribution >= 0.6 is 0 Å². The molecule has 0 aliphatic heterocycles. The van der Waals surface area contributed by atoms with Gasteiger partial charge < -0.3 is 25.3 Å². The van der Waals surface area contributed by atoms with E-state index in [-0.39, 0.29) is 6.42 Å². The number of aliphatic hydroxyl groups is 1. The fraction of sp³-hybridized carbons (Fsp3) is 0.217. The van der Waals surface area contributed by atoms with Crippen molar-refractivity contribution in [3.05, 3.63) is 71.4 Å². The van der Waals surface area contributed by atoms with Gasteiger partial charge in [0.05, 0.1) is 12.0 Å². The number of H-pyrrole nitrogens is 1. The van der Waals surface area contributed by atoms with Gasteiger partial charge >= 0.3 is 0 Å². The Bertz CT molecular complexity index is 1100. The van der Waals surface area contributed by atoms with Gasteiger partial charge in [-0.05, 0) is 49.7 Å². The van der Waals surface area contributed by atoms with Crippen molar-refractivity contribution in [2.45, 2.75) is 31.9 Å². The number of rotatable bonds is 5. The monoisotopic (exact) mass is 389 g/mol. The minimum absolute atomic E-state index is 0.104. The zero-order valence-electron chi connectivity index (χ0n) is 16.2. The molecule has 148 valence electrons. The van der Waals surface area contributed by atoms with Gasteiger partial charge in [0, 0.05) is 34.6 Å². The number of carboxylic acid groups (broad SMARTS) is 1. The summed E-state index contributed by atoms with van der Waals surface area (Å²) in [6.07, 6.45) is 1.84. The highest BCUT2D eigenvalue weighted by molar-refractivity contribution is 5.96. The average Bonchev–Trinajstić information content (AvgIpc) is 3.08. The van der Waals surface area contributed by atoms with Gasteiger partial charge in [0.15, 0.2) is 0 Å². The standard InChI is InChI=1S/C23H22N2O4/c1-23(2,29)12-11-15-7-9-16(10-8-15)21(26)25-20(22(27)28)13-17-14-24-19-6-4-3-5-18(17)19/h3-10,14,20,24,29H,13H2,1-2H3,(H,25,26)(H,27,28)/p-1/t20-/m0/s1. The quantitative estimate of drug-likeness (QED) is 0.573. The van der Waals surface area contributed by atoms with Crippen molar-refractivity contribution >= 4 is 22.8 Å². The largest absolute Gasteiger partial charge is 0.548 e. The number of carboxylic acids is 1. The van der Waals surface area contributed by atoms with Gasteiger partial charge in [-0.1, -0.05) is 30.0 Å². The number of hydrogen-bond acceptors (Lipinski definition) is 4. The molecule has 1 amide bonds. The maximum Gasteiger partial charge on any atom is 0.251 e. The third-order valence-corrected chi connectivity index (χ3v) is 4.35. The van der Waals surface area contributed by atoms with Crippen molar-refractivity contribution < 1.29 is 19.8 Å². The summed E-state index contributed by atoms with van der Waals surface area (Å²) in [5.74, 6) is 3.64. The summed E-state index contributed by atoms with van der Waals surface area (Å²) >= 11 is 0. The zero-order chi connectivity index (χ0) is 21.0. The third kappa shape index (κ3) is 5.24. The van der Waals surface area contributed by atoms with Crippen LogP contribution in [-0.4, -0.2) is 33.6 Å². The maximum atomic E-state index is 12.5. The molecule has 0 saturated heterocycles. The van der Waals surface area contributed by atoms with Gasteiger partial charge in [-0.15, -0.1) is 0 Å². The molecule has 1 aromatic heterocycles. The van der Waals surface area contributed by atoms with Crippen molar-refractivity contribution in [3.8, 4) is 11.8 Å². The van der Waals surface area contributed by atoms with Gasteiger partial charge in [-0.25, -0.2) is 0 Å². The fourth-order valence-corrected chi connectivity index (χ4v) is 2.89. The maximum absolute atomic E-state index is 12.5. The third-order valence-electron chi connectivity index (χ3n) is 4.35. The van der Waals surface area contributed by atoms with E-state index in [1.165, 1.54) is 0 Å². The summed E-state index contributed by atoms with van der Waals surface area (Å²) in [5, 5.41) is 24.7. The summed E-state index contributed by atoms with van der Waals surface area (Å²) in [6, 6.07) is 12.8. The van der Waals surface area contributed by atoms with Gasteiger partial charge in [-0.3, -0.25) is 4.79 Å². The van der Waals surface area contributed by atoms with Crippen LogP contribution in [0.4, 0.5) is 0 Å². The normalized spacial score (nSPS) is 12.1. The number of aromatic amines is 1. The molecule has 2 aromatic carbocycles. The number of carbonyl (C=O) groups is 2. The Kier molecular flexibility index (Phi) is 5.71.